The number of nitrogens with two attached hydrogens (primary N) is 1. The van der Waals surface area contributed by atoms with Gasteiger partial charge in [0.25, 0.3) is 0 Å². The zero-order valence-electron chi connectivity index (χ0n) is 11.4. The first-order valence-electron chi connectivity index (χ1n) is 6.71. The van der Waals surface area contributed by atoms with Crippen LogP contribution in [0.25, 0.3) is 0 Å². The molecule has 0 saturated carbocycles. The summed E-state index contributed by atoms with van der Waals surface area (Å²) in [5, 5.41) is 2.97. The Hall–Kier alpha value is -1.35. The molecule has 100 valence electrons. The lowest BCUT2D eigenvalue weighted by molar-refractivity contribution is -0.124. The zero-order valence-corrected chi connectivity index (χ0v) is 11.4. The van der Waals surface area contributed by atoms with Gasteiger partial charge in [-0.3, -0.25) is 4.79 Å². The topological polar surface area (TPSA) is 55.1 Å². The van der Waals surface area contributed by atoms with Gasteiger partial charge in [-0.15, -0.1) is 0 Å². The van der Waals surface area contributed by atoms with Crippen molar-refractivity contribution in [3.05, 3.63) is 35.9 Å². The summed E-state index contributed by atoms with van der Waals surface area (Å²) in [4.78, 5) is 11.7. The fourth-order valence-corrected chi connectivity index (χ4v) is 1.96. The van der Waals surface area contributed by atoms with Crippen molar-refractivity contribution in [2.75, 3.05) is 13.1 Å². The second-order valence-corrected chi connectivity index (χ2v) is 4.73. The number of benzene rings is 1. The summed E-state index contributed by atoms with van der Waals surface area (Å²) in [7, 11) is 0. The molecule has 1 amide bonds. The van der Waals surface area contributed by atoms with Crippen LogP contribution in [-0.2, 0) is 4.79 Å². The van der Waals surface area contributed by atoms with Gasteiger partial charge in [0.15, 0.2) is 0 Å². The molecule has 0 aliphatic heterocycles. The van der Waals surface area contributed by atoms with E-state index in [0.29, 0.717) is 19.0 Å². The van der Waals surface area contributed by atoms with E-state index in [0.717, 1.165) is 12.8 Å². The van der Waals surface area contributed by atoms with E-state index in [2.05, 4.69) is 24.4 Å². The Labute approximate surface area is 110 Å². The van der Waals surface area contributed by atoms with E-state index in [4.69, 9.17) is 5.73 Å². The molecule has 1 aromatic rings. The maximum atomic E-state index is 11.7. The van der Waals surface area contributed by atoms with E-state index in [1.807, 2.05) is 25.1 Å². The molecule has 2 atom stereocenters. The number of hydrogen-bond acceptors (Lipinski definition) is 2. The molecule has 18 heavy (non-hydrogen) atoms. The first kappa shape index (κ1) is 14.7. The molecule has 0 radical (unpaired) electrons. The molecule has 0 saturated heterocycles. The number of rotatable bonds is 7. The summed E-state index contributed by atoms with van der Waals surface area (Å²) in [5.74, 6) is 0.502. The summed E-state index contributed by atoms with van der Waals surface area (Å²) in [5.41, 5.74) is 6.86. The van der Waals surface area contributed by atoms with Crippen LogP contribution in [0.1, 0.15) is 38.2 Å². The van der Waals surface area contributed by atoms with Crippen molar-refractivity contribution < 1.29 is 4.79 Å². The highest BCUT2D eigenvalue weighted by molar-refractivity contribution is 5.78. The fraction of sp³-hybridized carbons (Fsp3) is 0.533. The number of amides is 1. The summed E-state index contributed by atoms with van der Waals surface area (Å²) in [6.07, 6.45) is 1.76. The van der Waals surface area contributed by atoms with Crippen molar-refractivity contribution in [1.29, 1.82) is 0 Å². The third kappa shape index (κ3) is 4.49. The van der Waals surface area contributed by atoms with Crippen LogP contribution in [0.3, 0.4) is 0 Å². The average Bonchev–Trinajstić information content (AvgIpc) is 2.41. The van der Waals surface area contributed by atoms with E-state index < -0.39 is 0 Å². The van der Waals surface area contributed by atoms with Gasteiger partial charge in [-0.25, -0.2) is 0 Å². The van der Waals surface area contributed by atoms with Gasteiger partial charge in [-0.05, 0) is 24.3 Å². The number of nitrogens with one attached hydrogen (secondary N) is 1. The molecule has 0 bridgehead atoms. The Morgan fingerprint density at radius 1 is 1.33 bits per heavy atom. The standard InChI is InChI=1S/C15H24N2O/c1-3-13(11-16)15(18)17-10-9-12(2)14-7-5-4-6-8-14/h4-8,12-13H,3,9-11,16H2,1-2H3,(H,17,18). The zero-order chi connectivity index (χ0) is 13.4. The highest BCUT2D eigenvalue weighted by atomic mass is 16.1. The number of hydrogen-bond donors (Lipinski definition) is 2. The molecule has 0 aromatic heterocycles. The summed E-state index contributed by atoms with van der Waals surface area (Å²) < 4.78 is 0. The molecule has 0 aliphatic rings. The second kappa shape index (κ2) is 7.88. The lowest BCUT2D eigenvalue weighted by Gasteiger charge is -2.15. The molecule has 0 aliphatic carbocycles. The molecule has 0 fully saturated rings. The third-order valence-corrected chi connectivity index (χ3v) is 3.39. The van der Waals surface area contributed by atoms with Crippen LogP contribution in [-0.4, -0.2) is 19.0 Å². The minimum atomic E-state index is -0.0444. The van der Waals surface area contributed by atoms with Crippen LogP contribution in [0.4, 0.5) is 0 Å². The maximum Gasteiger partial charge on any atom is 0.224 e. The van der Waals surface area contributed by atoms with Gasteiger partial charge in [0.2, 0.25) is 5.91 Å². The Bertz CT molecular complexity index is 347. The van der Waals surface area contributed by atoms with Crippen molar-refractivity contribution in [1.82, 2.24) is 5.32 Å². The summed E-state index contributed by atoms with van der Waals surface area (Å²) in [6, 6.07) is 10.4. The quantitative estimate of drug-likeness (QED) is 0.778. The molecular formula is C15H24N2O. The van der Waals surface area contributed by atoms with Crippen LogP contribution in [0.5, 0.6) is 0 Å². The van der Waals surface area contributed by atoms with Crippen molar-refractivity contribution in [3.8, 4) is 0 Å². The second-order valence-electron chi connectivity index (χ2n) is 4.73. The largest absolute Gasteiger partial charge is 0.356 e. The average molecular weight is 248 g/mol. The predicted octanol–water partition coefficient (Wildman–Crippen LogP) is 2.28. The van der Waals surface area contributed by atoms with Crippen molar-refractivity contribution in [2.24, 2.45) is 11.7 Å². The van der Waals surface area contributed by atoms with Gasteiger partial charge in [0.05, 0.1) is 0 Å². The summed E-state index contributed by atoms with van der Waals surface area (Å²) >= 11 is 0. The highest BCUT2D eigenvalue weighted by Gasteiger charge is 2.14. The minimum Gasteiger partial charge on any atom is -0.356 e. The summed E-state index contributed by atoms with van der Waals surface area (Å²) in [6.45, 7) is 5.31. The predicted molar refractivity (Wildman–Crippen MR) is 75.3 cm³/mol. The third-order valence-electron chi connectivity index (χ3n) is 3.39. The smallest absolute Gasteiger partial charge is 0.224 e. The first-order chi connectivity index (χ1) is 8.69. The normalized spacial score (nSPS) is 13.9. The number of carbonyl (C=O) groups excluding carboxylic acids is 1. The fourth-order valence-electron chi connectivity index (χ4n) is 1.96. The Kier molecular flexibility index (Phi) is 6.44. The first-order valence-corrected chi connectivity index (χ1v) is 6.71. The maximum absolute atomic E-state index is 11.7. The van der Waals surface area contributed by atoms with Gasteiger partial charge in [-0.1, -0.05) is 44.2 Å². The van der Waals surface area contributed by atoms with E-state index in [1.54, 1.807) is 0 Å². The molecule has 1 aromatic carbocycles. The molecule has 3 heteroatoms. The minimum absolute atomic E-state index is 0.0444. The van der Waals surface area contributed by atoms with Crippen molar-refractivity contribution in [2.45, 2.75) is 32.6 Å². The Morgan fingerprint density at radius 2 is 2.00 bits per heavy atom. The van der Waals surface area contributed by atoms with Crippen molar-refractivity contribution in [3.63, 3.8) is 0 Å². The van der Waals surface area contributed by atoms with E-state index in [1.165, 1.54) is 5.56 Å². The Balaban J connectivity index is 2.32. The molecule has 0 heterocycles. The highest BCUT2D eigenvalue weighted by Crippen LogP contribution is 2.17. The van der Waals surface area contributed by atoms with Gasteiger partial charge < -0.3 is 11.1 Å². The molecule has 0 spiro atoms. The van der Waals surface area contributed by atoms with E-state index >= 15 is 0 Å². The van der Waals surface area contributed by atoms with Gasteiger partial charge >= 0.3 is 0 Å². The lowest BCUT2D eigenvalue weighted by atomic mass is 9.98. The molecule has 3 N–H and O–H groups in total. The van der Waals surface area contributed by atoms with Crippen molar-refractivity contribution >= 4 is 5.91 Å². The van der Waals surface area contributed by atoms with Crippen LogP contribution < -0.4 is 11.1 Å². The van der Waals surface area contributed by atoms with E-state index in [9.17, 15) is 4.79 Å². The van der Waals surface area contributed by atoms with Gasteiger partial charge in [0, 0.05) is 19.0 Å². The van der Waals surface area contributed by atoms with Crippen LogP contribution >= 0.6 is 0 Å². The van der Waals surface area contributed by atoms with Crippen LogP contribution in [0, 0.1) is 5.92 Å². The molecule has 2 unspecified atom stereocenters. The van der Waals surface area contributed by atoms with Gasteiger partial charge in [-0.2, -0.15) is 0 Å². The van der Waals surface area contributed by atoms with Crippen LogP contribution in [0.15, 0.2) is 30.3 Å². The van der Waals surface area contributed by atoms with Gasteiger partial charge in [0.1, 0.15) is 0 Å². The lowest BCUT2D eigenvalue weighted by Crippen LogP contribution is -2.35. The molecule has 1 rings (SSSR count). The molecule has 3 nitrogen and oxygen atoms in total. The number of carbonyl (C=O) groups is 1. The monoisotopic (exact) mass is 248 g/mol. The Morgan fingerprint density at radius 3 is 2.56 bits per heavy atom. The van der Waals surface area contributed by atoms with Crippen LogP contribution in [0.2, 0.25) is 0 Å². The molecular weight excluding hydrogens is 224 g/mol. The SMILES string of the molecule is CCC(CN)C(=O)NCCC(C)c1ccccc1. The van der Waals surface area contributed by atoms with E-state index in [-0.39, 0.29) is 11.8 Å².